The molecule has 9 nitrogen and oxygen atoms in total. The van der Waals surface area contributed by atoms with Crippen LogP contribution in [-0.2, 0) is 0 Å². The van der Waals surface area contributed by atoms with Gasteiger partial charge in [-0.05, 0) is 82.7 Å². The quantitative estimate of drug-likeness (QED) is 0.0944. The minimum atomic E-state index is -4.68. The molecule has 1 aliphatic heterocycles. The number of carbonyl (C=O) groups excluding carboxylic acids is 1. The first-order chi connectivity index (χ1) is 22.4. The van der Waals surface area contributed by atoms with Gasteiger partial charge in [-0.3, -0.25) is 9.52 Å². The minimum Gasteiger partial charge on any atom is -0.478 e. The van der Waals surface area contributed by atoms with E-state index in [0.717, 1.165) is 37.9 Å². The van der Waals surface area contributed by atoms with Crippen LogP contribution in [0.4, 0.5) is 19.0 Å². The number of rotatable bonds is 14. The van der Waals surface area contributed by atoms with Crippen molar-refractivity contribution in [3.63, 3.8) is 0 Å². The van der Waals surface area contributed by atoms with Crippen molar-refractivity contribution in [2.24, 2.45) is 11.3 Å². The van der Waals surface area contributed by atoms with Crippen molar-refractivity contribution in [1.29, 1.82) is 0 Å². The summed E-state index contributed by atoms with van der Waals surface area (Å²) in [6.07, 6.45) is -0.441. The van der Waals surface area contributed by atoms with Crippen LogP contribution in [0, 0.1) is 11.3 Å². The Bertz CT molecular complexity index is 1630. The molecule has 1 aliphatic carbocycles. The Morgan fingerprint density at radius 2 is 1.90 bits per heavy atom. The molecule has 1 saturated carbocycles. The van der Waals surface area contributed by atoms with Gasteiger partial charge in [0.05, 0.1) is 49.0 Å². The van der Waals surface area contributed by atoms with Crippen LogP contribution in [0.1, 0.15) is 56.3 Å². The molecule has 2 aliphatic rings. The van der Waals surface area contributed by atoms with E-state index in [1.54, 1.807) is 6.07 Å². The van der Waals surface area contributed by atoms with Gasteiger partial charge in [-0.25, -0.2) is 14.6 Å². The molecule has 1 atom stereocenters. The summed E-state index contributed by atoms with van der Waals surface area (Å²) in [6.45, 7) is 5.66. The predicted molar refractivity (Wildman–Crippen MR) is 183 cm³/mol. The number of hydrogen-bond donors (Lipinski definition) is 3. The van der Waals surface area contributed by atoms with Crippen LogP contribution in [0.25, 0.3) is 5.82 Å². The first kappa shape index (κ1) is 36.5. The van der Waals surface area contributed by atoms with E-state index in [2.05, 4.69) is 44.3 Å². The second-order valence-corrected chi connectivity index (χ2v) is 14.4. The normalized spacial score (nSPS) is 18.8. The Labute approximate surface area is 292 Å². The Kier molecular flexibility index (Phi) is 10.5. The number of pyridine rings is 2. The minimum absolute atomic E-state index is 0.0292. The lowest BCUT2D eigenvalue weighted by Crippen LogP contribution is -2.48. The van der Waals surface area contributed by atoms with Gasteiger partial charge in [0.2, 0.25) is 5.88 Å². The van der Waals surface area contributed by atoms with E-state index in [4.69, 9.17) is 47.7 Å². The number of hydrogen-bond acceptors (Lipinski definition) is 8. The second-order valence-electron chi connectivity index (χ2n) is 13.2. The molecule has 3 N–H and O–H groups in total. The molecule has 1 saturated heterocycles. The maximum atomic E-state index is 13.6. The lowest BCUT2D eigenvalue weighted by molar-refractivity contribution is -0.193. The van der Waals surface area contributed by atoms with Gasteiger partial charge >= 0.3 is 6.18 Å². The van der Waals surface area contributed by atoms with Crippen molar-refractivity contribution in [3.05, 3.63) is 53.3 Å². The van der Waals surface area contributed by atoms with Gasteiger partial charge in [0.25, 0.3) is 5.91 Å². The van der Waals surface area contributed by atoms with Gasteiger partial charge in [0.15, 0.2) is 5.82 Å². The van der Waals surface area contributed by atoms with Crippen molar-refractivity contribution in [1.82, 2.24) is 29.8 Å². The zero-order chi connectivity index (χ0) is 35.0. The number of alkyl halides is 3. The topological polar surface area (TPSA) is 106 Å². The lowest BCUT2D eigenvalue weighted by atomic mass is 9.26. The zero-order valence-corrected chi connectivity index (χ0v) is 28.2. The van der Waals surface area contributed by atoms with Crippen LogP contribution in [-0.4, -0.2) is 88.5 Å². The Balaban J connectivity index is 1.11. The van der Waals surface area contributed by atoms with E-state index in [1.807, 2.05) is 12.1 Å². The maximum Gasteiger partial charge on any atom is 0.393 e. The fourth-order valence-corrected chi connectivity index (χ4v) is 6.70. The molecule has 3 aromatic rings. The molecule has 0 bridgehead atoms. The molecular weight excluding hydrogens is 658 g/mol. The summed E-state index contributed by atoms with van der Waals surface area (Å²) in [5.74, 6) is 1.12. The molecule has 4 heterocycles. The number of anilines is 1. The standard InChI is InChI=1S/C30H33B4ClF3N7O2S/c1-26(2)15-18(16-40-26)5-4-13-39-20-6-3-7-23(41-20)48-44-25(46)19-8-9-21(42-24(19)35)45-14-10-22(43-45)47-17-28(31,32)29(33,34)27(11-12-27)30(36,37)38/h3,6-10,14,18,40H,4-5,11-13,15-17H2,1-2H3,(H,39,41)(H,44,46). The van der Waals surface area contributed by atoms with E-state index in [-0.39, 0.29) is 40.8 Å². The van der Waals surface area contributed by atoms with Crippen LogP contribution >= 0.6 is 23.5 Å². The highest BCUT2D eigenvalue weighted by atomic mass is 35.5. The predicted octanol–water partition coefficient (Wildman–Crippen LogP) is 4.96. The van der Waals surface area contributed by atoms with E-state index >= 15 is 0 Å². The first-order valence-electron chi connectivity index (χ1n) is 15.4. The molecule has 8 radical (unpaired) electrons. The molecule has 246 valence electrons. The third-order valence-electron chi connectivity index (χ3n) is 8.93. The summed E-state index contributed by atoms with van der Waals surface area (Å²) in [4.78, 5) is 21.7. The number of halogens is 4. The van der Waals surface area contributed by atoms with E-state index in [9.17, 15) is 18.0 Å². The van der Waals surface area contributed by atoms with E-state index in [1.165, 1.54) is 35.5 Å². The molecule has 48 heavy (non-hydrogen) atoms. The van der Waals surface area contributed by atoms with Crippen molar-refractivity contribution in [2.75, 3.05) is 25.0 Å². The number of carbonyl (C=O) groups is 1. The van der Waals surface area contributed by atoms with Crippen LogP contribution < -0.4 is 20.1 Å². The summed E-state index contributed by atoms with van der Waals surface area (Å²) in [6, 6.07) is 9.91. The smallest absolute Gasteiger partial charge is 0.393 e. The monoisotopic (exact) mass is 691 g/mol. The highest BCUT2D eigenvalue weighted by Gasteiger charge is 2.71. The zero-order valence-electron chi connectivity index (χ0n) is 26.6. The molecule has 0 aromatic carbocycles. The van der Waals surface area contributed by atoms with Crippen molar-refractivity contribution < 1.29 is 22.7 Å². The third kappa shape index (κ3) is 7.99. The Morgan fingerprint density at radius 3 is 2.54 bits per heavy atom. The summed E-state index contributed by atoms with van der Waals surface area (Å²) in [5.41, 5.74) is -2.07. The van der Waals surface area contributed by atoms with Gasteiger partial charge in [-0.15, -0.1) is 5.10 Å². The summed E-state index contributed by atoms with van der Waals surface area (Å²) in [7, 11) is 23.7. The number of nitrogens with zero attached hydrogens (tertiary/aromatic N) is 4. The molecule has 18 heteroatoms. The average Bonchev–Trinajstić information content (AvgIpc) is 3.62. The SMILES string of the molecule is [B]C([B])(COc1ccn(-c2ccc(C(=O)NSc3cccc(NCCCC4CNC(C)(C)C4)n3)c(Cl)n2)n1)C([B])([B])C1(C(F)(F)F)CC1. The van der Waals surface area contributed by atoms with Gasteiger partial charge in [-0.2, -0.15) is 13.2 Å². The summed E-state index contributed by atoms with van der Waals surface area (Å²) >= 11 is 7.39. The number of ether oxygens (including phenoxy) is 1. The van der Waals surface area contributed by atoms with Crippen molar-refractivity contribution >= 4 is 66.7 Å². The molecule has 0 spiro atoms. The van der Waals surface area contributed by atoms with Crippen molar-refractivity contribution in [3.8, 4) is 11.7 Å². The molecule has 3 aromatic heterocycles. The average molecular weight is 691 g/mol. The number of amides is 1. The van der Waals surface area contributed by atoms with Crippen LogP contribution in [0.5, 0.6) is 5.88 Å². The van der Waals surface area contributed by atoms with Crippen molar-refractivity contribution in [2.45, 2.75) is 73.1 Å². The highest BCUT2D eigenvalue weighted by molar-refractivity contribution is 7.97. The highest BCUT2D eigenvalue weighted by Crippen LogP contribution is 2.73. The van der Waals surface area contributed by atoms with Gasteiger partial charge in [0.1, 0.15) is 16.0 Å². The summed E-state index contributed by atoms with van der Waals surface area (Å²) < 4.78 is 50.4. The first-order valence-corrected chi connectivity index (χ1v) is 16.6. The van der Waals surface area contributed by atoms with Gasteiger partial charge in [-0.1, -0.05) is 28.1 Å². The van der Waals surface area contributed by atoms with Crippen LogP contribution in [0.15, 0.2) is 47.6 Å². The lowest BCUT2D eigenvalue weighted by Gasteiger charge is -2.50. The molecular formula is C30H33B4ClF3N7O2S. The fraction of sp³-hybridized carbons (Fsp3) is 0.533. The number of aromatic nitrogens is 4. The molecule has 5 rings (SSSR count). The largest absolute Gasteiger partial charge is 0.478 e. The van der Waals surface area contributed by atoms with E-state index < -0.39 is 34.5 Å². The third-order valence-corrected chi connectivity index (χ3v) is 9.94. The van der Waals surface area contributed by atoms with E-state index in [0.29, 0.717) is 16.8 Å². The fourth-order valence-electron chi connectivity index (χ4n) is 5.87. The van der Waals surface area contributed by atoms with Gasteiger partial charge < -0.3 is 15.4 Å². The Hall–Kier alpha value is -2.77. The summed E-state index contributed by atoms with van der Waals surface area (Å²) in [5, 5.41) is 6.84. The Morgan fingerprint density at radius 1 is 1.15 bits per heavy atom. The van der Waals surface area contributed by atoms with Gasteiger partial charge in [0, 0.05) is 36.3 Å². The van der Waals surface area contributed by atoms with Crippen LogP contribution in [0.3, 0.4) is 0 Å². The maximum absolute atomic E-state index is 13.6. The second kappa shape index (κ2) is 13.9. The molecule has 1 amide bonds. The number of nitrogens with one attached hydrogen (secondary N) is 3. The van der Waals surface area contributed by atoms with Crippen LogP contribution in [0.2, 0.25) is 15.6 Å². The molecule has 2 fully saturated rings. The molecule has 1 unspecified atom stereocenters.